The summed E-state index contributed by atoms with van der Waals surface area (Å²) in [5, 5.41) is 7.46. The van der Waals surface area contributed by atoms with Crippen molar-refractivity contribution in [2.24, 2.45) is 11.7 Å². The monoisotopic (exact) mass is 458 g/mol. The molecule has 2 aliphatic heterocycles. The van der Waals surface area contributed by atoms with Crippen molar-refractivity contribution >= 4 is 29.5 Å². The highest BCUT2D eigenvalue weighted by molar-refractivity contribution is 5.97. The number of ether oxygens (including phenoxy) is 2. The quantitative estimate of drug-likeness (QED) is 0.367. The van der Waals surface area contributed by atoms with E-state index in [9.17, 15) is 14.4 Å². The maximum Gasteiger partial charge on any atom is 0.415 e. The fraction of sp³-hybridized carbons (Fsp3) is 0.583. The number of nitrogen functional groups attached to an aromatic ring is 1. The van der Waals surface area contributed by atoms with Gasteiger partial charge in [-0.1, -0.05) is 0 Å². The first-order valence-electron chi connectivity index (χ1n) is 11.5. The summed E-state index contributed by atoms with van der Waals surface area (Å²) in [6, 6.07) is 6.70. The molecule has 1 aromatic rings. The second kappa shape index (κ2) is 10.2. The van der Waals surface area contributed by atoms with E-state index in [-0.39, 0.29) is 24.3 Å². The normalized spacial score (nSPS) is 19.4. The van der Waals surface area contributed by atoms with E-state index in [1.165, 1.54) is 4.90 Å². The Bertz CT molecular complexity index is 885. The van der Waals surface area contributed by atoms with Gasteiger partial charge in [-0.2, -0.15) is 0 Å². The molecular formula is C24H34N4O5. The van der Waals surface area contributed by atoms with E-state index in [0.29, 0.717) is 36.7 Å². The summed E-state index contributed by atoms with van der Waals surface area (Å²) >= 11 is 0. The summed E-state index contributed by atoms with van der Waals surface area (Å²) in [5.41, 5.74) is 6.17. The first-order chi connectivity index (χ1) is 15.5. The number of carbonyl (C=O) groups excluding carboxylic acids is 3. The van der Waals surface area contributed by atoms with Gasteiger partial charge >= 0.3 is 12.1 Å². The zero-order valence-electron chi connectivity index (χ0n) is 19.6. The highest BCUT2D eigenvalue weighted by atomic mass is 16.6. The van der Waals surface area contributed by atoms with Crippen LogP contribution in [0.5, 0.6) is 0 Å². The molecule has 1 unspecified atom stereocenters. The van der Waals surface area contributed by atoms with Crippen molar-refractivity contribution in [3.8, 4) is 0 Å². The van der Waals surface area contributed by atoms with Gasteiger partial charge in [0, 0.05) is 30.8 Å². The number of hydrogen-bond acceptors (Lipinski definition) is 6. The van der Waals surface area contributed by atoms with Crippen molar-refractivity contribution in [3.63, 3.8) is 0 Å². The zero-order valence-corrected chi connectivity index (χ0v) is 19.6. The highest BCUT2D eigenvalue weighted by Crippen LogP contribution is 2.26. The Labute approximate surface area is 194 Å². The SMILES string of the molecule is CC(C)(C)OC(=O)CCCC1CCN(C(=O)C2CN(c3ccc(C(=N)N)cc3)C(=O)O2)CC1. The zero-order chi connectivity index (χ0) is 24.2. The van der Waals surface area contributed by atoms with Crippen molar-refractivity contribution in [3.05, 3.63) is 29.8 Å². The number of esters is 1. The van der Waals surface area contributed by atoms with E-state index < -0.39 is 17.8 Å². The van der Waals surface area contributed by atoms with Gasteiger partial charge in [-0.05, 0) is 76.6 Å². The maximum atomic E-state index is 12.9. The van der Waals surface area contributed by atoms with Gasteiger partial charge in [-0.15, -0.1) is 0 Å². The molecule has 3 rings (SSSR count). The fourth-order valence-electron chi connectivity index (χ4n) is 4.20. The molecule has 2 fully saturated rings. The number of nitrogens with two attached hydrogens (primary N) is 1. The predicted octanol–water partition coefficient (Wildman–Crippen LogP) is 3.05. The number of nitrogens with one attached hydrogen (secondary N) is 1. The molecule has 180 valence electrons. The second-order valence-electron chi connectivity index (χ2n) is 9.69. The number of carbonyl (C=O) groups is 3. The lowest BCUT2D eigenvalue weighted by atomic mass is 9.91. The number of rotatable bonds is 7. The van der Waals surface area contributed by atoms with Gasteiger partial charge in [0.25, 0.3) is 5.91 Å². The van der Waals surface area contributed by atoms with Crippen molar-refractivity contribution in [1.82, 2.24) is 4.90 Å². The number of hydrogen-bond donors (Lipinski definition) is 2. The summed E-state index contributed by atoms with van der Waals surface area (Å²) in [7, 11) is 0. The molecule has 1 atom stereocenters. The maximum absolute atomic E-state index is 12.9. The Morgan fingerprint density at radius 2 is 1.82 bits per heavy atom. The van der Waals surface area contributed by atoms with Gasteiger partial charge in [0.05, 0.1) is 6.54 Å². The number of benzene rings is 1. The second-order valence-corrected chi connectivity index (χ2v) is 9.69. The van der Waals surface area contributed by atoms with Crippen molar-refractivity contribution in [2.45, 2.75) is 64.6 Å². The topological polar surface area (TPSA) is 126 Å². The van der Waals surface area contributed by atoms with Gasteiger partial charge in [0.1, 0.15) is 11.4 Å². The number of anilines is 1. The van der Waals surface area contributed by atoms with Crippen LogP contribution < -0.4 is 10.6 Å². The third-order valence-electron chi connectivity index (χ3n) is 5.92. The molecule has 0 spiro atoms. The number of likely N-dealkylation sites (tertiary alicyclic amines) is 1. The molecule has 9 nitrogen and oxygen atoms in total. The number of piperidine rings is 1. The molecule has 2 amide bonds. The third kappa shape index (κ3) is 6.69. The molecule has 33 heavy (non-hydrogen) atoms. The lowest BCUT2D eigenvalue weighted by Gasteiger charge is -2.33. The molecule has 0 radical (unpaired) electrons. The van der Waals surface area contributed by atoms with E-state index in [0.717, 1.165) is 25.7 Å². The predicted molar refractivity (Wildman–Crippen MR) is 124 cm³/mol. The van der Waals surface area contributed by atoms with Crippen LogP contribution in [0.2, 0.25) is 0 Å². The summed E-state index contributed by atoms with van der Waals surface area (Å²) in [6.07, 6.45) is 2.50. The highest BCUT2D eigenvalue weighted by Gasteiger charge is 2.39. The summed E-state index contributed by atoms with van der Waals surface area (Å²) in [5.74, 6) is 0.0859. The van der Waals surface area contributed by atoms with Crippen LogP contribution in [0.3, 0.4) is 0 Å². The van der Waals surface area contributed by atoms with Crippen molar-refractivity contribution < 1.29 is 23.9 Å². The van der Waals surface area contributed by atoms with E-state index in [1.54, 1.807) is 29.2 Å². The molecule has 0 aromatic heterocycles. The van der Waals surface area contributed by atoms with E-state index in [1.807, 2.05) is 20.8 Å². The molecule has 0 saturated carbocycles. The molecule has 1 aromatic carbocycles. The van der Waals surface area contributed by atoms with E-state index in [4.69, 9.17) is 20.6 Å². The van der Waals surface area contributed by atoms with Gasteiger partial charge in [-0.25, -0.2) is 4.79 Å². The number of amidine groups is 1. The Morgan fingerprint density at radius 3 is 2.39 bits per heavy atom. The average Bonchev–Trinajstić information content (AvgIpc) is 3.14. The lowest BCUT2D eigenvalue weighted by Crippen LogP contribution is -2.45. The van der Waals surface area contributed by atoms with Crippen LogP contribution >= 0.6 is 0 Å². The minimum absolute atomic E-state index is 0.0492. The van der Waals surface area contributed by atoms with Crippen molar-refractivity contribution in [2.75, 3.05) is 24.5 Å². The minimum Gasteiger partial charge on any atom is -0.460 e. The smallest absolute Gasteiger partial charge is 0.415 e. The van der Waals surface area contributed by atoms with Crippen LogP contribution in [0.1, 0.15) is 58.4 Å². The Kier molecular flexibility index (Phi) is 7.61. The lowest BCUT2D eigenvalue weighted by molar-refractivity contribution is -0.155. The van der Waals surface area contributed by atoms with Crippen LogP contribution in [-0.4, -0.2) is 60.0 Å². The van der Waals surface area contributed by atoms with Gasteiger partial charge in [0.15, 0.2) is 6.10 Å². The fourth-order valence-corrected chi connectivity index (χ4v) is 4.20. The van der Waals surface area contributed by atoms with Gasteiger partial charge < -0.3 is 20.1 Å². The number of cyclic esters (lactones) is 1. The molecule has 2 aliphatic rings. The van der Waals surface area contributed by atoms with Crippen molar-refractivity contribution in [1.29, 1.82) is 5.41 Å². The molecule has 2 saturated heterocycles. The summed E-state index contributed by atoms with van der Waals surface area (Å²) in [6.45, 7) is 7.00. The Morgan fingerprint density at radius 1 is 1.18 bits per heavy atom. The van der Waals surface area contributed by atoms with Gasteiger partial charge in [0.2, 0.25) is 0 Å². The van der Waals surface area contributed by atoms with E-state index >= 15 is 0 Å². The van der Waals surface area contributed by atoms with Crippen LogP contribution in [0.4, 0.5) is 10.5 Å². The number of amides is 2. The summed E-state index contributed by atoms with van der Waals surface area (Å²) in [4.78, 5) is 40.3. The molecule has 9 heteroatoms. The average molecular weight is 459 g/mol. The number of nitrogens with zero attached hydrogens (tertiary/aromatic N) is 2. The first kappa shape index (κ1) is 24.5. The largest absolute Gasteiger partial charge is 0.460 e. The molecular weight excluding hydrogens is 424 g/mol. The molecule has 2 heterocycles. The minimum atomic E-state index is -0.825. The molecule has 0 bridgehead atoms. The van der Waals surface area contributed by atoms with Gasteiger partial charge in [-0.3, -0.25) is 19.9 Å². The third-order valence-corrected chi connectivity index (χ3v) is 5.92. The van der Waals surface area contributed by atoms with E-state index in [2.05, 4.69) is 0 Å². The molecule has 3 N–H and O–H groups in total. The van der Waals surface area contributed by atoms with Crippen LogP contribution in [0, 0.1) is 11.3 Å². The first-order valence-corrected chi connectivity index (χ1v) is 11.5. The Hall–Kier alpha value is -3.10. The summed E-state index contributed by atoms with van der Waals surface area (Å²) < 4.78 is 10.7. The Balaban J connectivity index is 1.44. The van der Waals surface area contributed by atoms with Crippen LogP contribution in [0.25, 0.3) is 0 Å². The van der Waals surface area contributed by atoms with Crippen LogP contribution in [-0.2, 0) is 19.1 Å². The molecule has 0 aliphatic carbocycles. The standard InChI is InChI=1S/C24H34N4O5/c1-24(2,3)33-20(29)6-4-5-16-11-13-27(14-12-16)22(30)19-15-28(23(31)32-19)18-9-7-17(8-10-18)21(25)26/h7-10,16,19H,4-6,11-15H2,1-3H3,(H3,25,26). The van der Waals surface area contributed by atoms with Crippen LogP contribution in [0.15, 0.2) is 24.3 Å².